The molecule has 0 aliphatic carbocycles. The van der Waals surface area contributed by atoms with Gasteiger partial charge in [-0.2, -0.15) is 18.3 Å². The third-order valence-corrected chi connectivity index (χ3v) is 2.89. The van der Waals surface area contributed by atoms with Gasteiger partial charge in [-0.1, -0.05) is 0 Å². The molecule has 0 saturated carbocycles. The Morgan fingerprint density at radius 2 is 1.83 bits per heavy atom. The van der Waals surface area contributed by atoms with Crippen LogP contribution in [-0.4, -0.2) is 25.4 Å². The van der Waals surface area contributed by atoms with Crippen LogP contribution in [0.5, 0.6) is 11.5 Å². The number of methoxy groups -OCH3 is 2. The molecule has 23 heavy (non-hydrogen) atoms. The number of benzene rings is 1. The van der Waals surface area contributed by atoms with Crippen LogP contribution in [0.15, 0.2) is 41.6 Å². The van der Waals surface area contributed by atoms with E-state index in [9.17, 15) is 13.2 Å². The minimum atomic E-state index is -4.41. The molecule has 0 fully saturated rings. The zero-order valence-corrected chi connectivity index (χ0v) is 12.4. The number of rotatable bonds is 5. The molecule has 0 bridgehead atoms. The minimum absolute atomic E-state index is 0.203. The molecule has 0 spiro atoms. The van der Waals surface area contributed by atoms with Crippen molar-refractivity contribution >= 4 is 12.0 Å². The summed E-state index contributed by atoms with van der Waals surface area (Å²) >= 11 is 0. The molecule has 0 amide bonds. The molecule has 0 aliphatic heterocycles. The van der Waals surface area contributed by atoms with E-state index in [-0.39, 0.29) is 5.82 Å². The number of alkyl halides is 3. The van der Waals surface area contributed by atoms with Crippen LogP contribution in [0.25, 0.3) is 0 Å². The third kappa shape index (κ3) is 4.35. The largest absolute Gasteiger partial charge is 0.493 e. The Balaban J connectivity index is 2.04. The van der Waals surface area contributed by atoms with E-state index in [1.165, 1.54) is 26.5 Å². The molecule has 0 saturated heterocycles. The van der Waals surface area contributed by atoms with Crippen molar-refractivity contribution in [3.8, 4) is 11.5 Å². The van der Waals surface area contributed by atoms with Gasteiger partial charge in [0.2, 0.25) is 0 Å². The summed E-state index contributed by atoms with van der Waals surface area (Å²) in [6.45, 7) is 0. The van der Waals surface area contributed by atoms with E-state index < -0.39 is 11.7 Å². The molecule has 1 aromatic carbocycles. The third-order valence-electron chi connectivity index (χ3n) is 2.89. The summed E-state index contributed by atoms with van der Waals surface area (Å²) in [6, 6.07) is 7.32. The zero-order valence-electron chi connectivity index (χ0n) is 12.4. The van der Waals surface area contributed by atoms with Crippen molar-refractivity contribution in [1.29, 1.82) is 0 Å². The van der Waals surface area contributed by atoms with Crippen molar-refractivity contribution in [3.05, 3.63) is 47.7 Å². The summed E-state index contributed by atoms with van der Waals surface area (Å²) in [5.41, 5.74) is 2.47. The Bertz CT molecular complexity index is 685. The monoisotopic (exact) mass is 325 g/mol. The Morgan fingerprint density at radius 3 is 2.39 bits per heavy atom. The SMILES string of the molecule is COc1ccc(/C=N\Nc2ccc(C(F)(F)F)cn2)cc1OC. The van der Waals surface area contributed by atoms with Crippen LogP contribution in [0.4, 0.5) is 19.0 Å². The molecule has 0 aliphatic rings. The first-order valence-corrected chi connectivity index (χ1v) is 6.48. The highest BCUT2D eigenvalue weighted by Crippen LogP contribution is 2.29. The summed E-state index contributed by atoms with van der Waals surface area (Å²) in [5, 5.41) is 3.92. The maximum Gasteiger partial charge on any atom is 0.417 e. The Morgan fingerprint density at radius 1 is 1.09 bits per heavy atom. The molecule has 1 aromatic heterocycles. The lowest BCUT2D eigenvalue weighted by atomic mass is 10.2. The first-order chi connectivity index (χ1) is 10.9. The van der Waals surface area contributed by atoms with Gasteiger partial charge in [0.15, 0.2) is 11.5 Å². The summed E-state index contributed by atoms with van der Waals surface area (Å²) in [5.74, 6) is 1.33. The van der Waals surface area contributed by atoms with Gasteiger partial charge >= 0.3 is 6.18 Å². The second-order valence-electron chi connectivity index (χ2n) is 4.41. The highest BCUT2D eigenvalue weighted by Gasteiger charge is 2.30. The Hall–Kier alpha value is -2.77. The molecule has 122 valence electrons. The number of pyridine rings is 1. The lowest BCUT2D eigenvalue weighted by Crippen LogP contribution is -2.05. The van der Waals surface area contributed by atoms with Crippen LogP contribution in [0.2, 0.25) is 0 Å². The van der Waals surface area contributed by atoms with Crippen molar-refractivity contribution in [2.75, 3.05) is 19.6 Å². The quantitative estimate of drug-likeness (QED) is 0.674. The lowest BCUT2D eigenvalue weighted by molar-refractivity contribution is -0.137. The highest BCUT2D eigenvalue weighted by atomic mass is 19.4. The number of aromatic nitrogens is 1. The van der Waals surface area contributed by atoms with E-state index >= 15 is 0 Å². The second-order valence-corrected chi connectivity index (χ2v) is 4.41. The number of ether oxygens (including phenoxy) is 2. The molecule has 1 heterocycles. The lowest BCUT2D eigenvalue weighted by Gasteiger charge is -2.07. The molecule has 8 heteroatoms. The molecule has 0 radical (unpaired) electrons. The summed E-state index contributed by atoms with van der Waals surface area (Å²) in [6.07, 6.45) is -2.18. The van der Waals surface area contributed by atoms with Crippen LogP contribution in [0.1, 0.15) is 11.1 Å². The van der Waals surface area contributed by atoms with Crippen LogP contribution < -0.4 is 14.9 Å². The van der Waals surface area contributed by atoms with Crippen LogP contribution in [0, 0.1) is 0 Å². The van der Waals surface area contributed by atoms with Crippen LogP contribution >= 0.6 is 0 Å². The fraction of sp³-hybridized carbons (Fsp3) is 0.200. The molecule has 0 atom stereocenters. The number of nitrogens with zero attached hydrogens (tertiary/aromatic N) is 2. The fourth-order valence-corrected chi connectivity index (χ4v) is 1.73. The standard InChI is InChI=1S/C15H14F3N3O2/c1-22-12-5-3-10(7-13(12)23-2)8-20-21-14-6-4-11(9-19-14)15(16,17)18/h3-9H,1-2H3,(H,19,21)/b20-8-. The van der Waals surface area contributed by atoms with E-state index in [4.69, 9.17) is 9.47 Å². The number of nitrogens with one attached hydrogen (secondary N) is 1. The first-order valence-electron chi connectivity index (χ1n) is 6.48. The van der Waals surface area contributed by atoms with Gasteiger partial charge in [0.25, 0.3) is 0 Å². The van der Waals surface area contributed by atoms with Gasteiger partial charge in [0.1, 0.15) is 5.82 Å². The highest BCUT2D eigenvalue weighted by molar-refractivity contribution is 5.81. The normalized spacial score (nSPS) is 11.5. The van der Waals surface area contributed by atoms with Crippen molar-refractivity contribution in [2.45, 2.75) is 6.18 Å². The Labute approximate surface area is 130 Å². The van der Waals surface area contributed by atoms with Gasteiger partial charge in [0.05, 0.1) is 26.0 Å². The number of anilines is 1. The maximum atomic E-state index is 12.4. The molecule has 1 N–H and O–H groups in total. The van der Waals surface area contributed by atoms with Crippen LogP contribution in [0.3, 0.4) is 0 Å². The average Bonchev–Trinajstić information content (AvgIpc) is 2.54. The van der Waals surface area contributed by atoms with Gasteiger partial charge in [-0.3, -0.25) is 5.43 Å². The van der Waals surface area contributed by atoms with Crippen LogP contribution in [-0.2, 0) is 6.18 Å². The van der Waals surface area contributed by atoms with E-state index in [1.807, 2.05) is 0 Å². The van der Waals surface area contributed by atoms with E-state index in [2.05, 4.69) is 15.5 Å². The molecule has 0 unspecified atom stereocenters. The topological polar surface area (TPSA) is 55.7 Å². The van der Waals surface area contributed by atoms with Crippen molar-refractivity contribution in [2.24, 2.45) is 5.10 Å². The van der Waals surface area contributed by atoms with Gasteiger partial charge in [-0.15, -0.1) is 0 Å². The summed E-state index contributed by atoms with van der Waals surface area (Å²) in [7, 11) is 3.05. The average molecular weight is 325 g/mol. The maximum absolute atomic E-state index is 12.4. The summed E-state index contributed by atoms with van der Waals surface area (Å²) in [4.78, 5) is 3.65. The van der Waals surface area contributed by atoms with Gasteiger partial charge in [-0.25, -0.2) is 4.98 Å². The predicted octanol–water partition coefficient (Wildman–Crippen LogP) is 3.56. The minimum Gasteiger partial charge on any atom is -0.493 e. The molecule has 5 nitrogen and oxygen atoms in total. The molecule has 2 aromatic rings. The summed E-state index contributed by atoms with van der Waals surface area (Å²) < 4.78 is 47.5. The van der Waals surface area contributed by atoms with Crippen molar-refractivity contribution in [1.82, 2.24) is 4.98 Å². The first kappa shape index (κ1) is 16.6. The molecule has 2 rings (SSSR count). The fourth-order valence-electron chi connectivity index (χ4n) is 1.73. The molecular formula is C15H14F3N3O2. The van der Waals surface area contributed by atoms with Gasteiger partial charge < -0.3 is 9.47 Å². The smallest absolute Gasteiger partial charge is 0.417 e. The van der Waals surface area contributed by atoms with Gasteiger partial charge in [0, 0.05) is 6.20 Å². The number of hydrogen-bond donors (Lipinski definition) is 1. The molecular weight excluding hydrogens is 311 g/mol. The van der Waals surface area contributed by atoms with E-state index in [0.29, 0.717) is 11.5 Å². The van der Waals surface area contributed by atoms with Crippen molar-refractivity contribution in [3.63, 3.8) is 0 Å². The Kier molecular flexibility index (Phi) is 5.05. The van der Waals surface area contributed by atoms with E-state index in [1.54, 1.807) is 18.2 Å². The number of halogens is 3. The number of hydrogen-bond acceptors (Lipinski definition) is 5. The number of hydrazone groups is 1. The second kappa shape index (κ2) is 6.99. The zero-order chi connectivity index (χ0) is 16.9. The van der Waals surface area contributed by atoms with Crippen molar-refractivity contribution < 1.29 is 22.6 Å². The predicted molar refractivity (Wildman–Crippen MR) is 80.0 cm³/mol. The van der Waals surface area contributed by atoms with E-state index in [0.717, 1.165) is 17.8 Å². The van der Waals surface area contributed by atoms with Gasteiger partial charge in [-0.05, 0) is 35.9 Å².